The Morgan fingerprint density at radius 1 is 1.06 bits per heavy atom. The highest BCUT2D eigenvalue weighted by molar-refractivity contribution is 5.88. The Balaban J connectivity index is 2.34. The van der Waals surface area contributed by atoms with Gasteiger partial charge in [-0.1, -0.05) is 42.5 Å². The SMILES string of the molecule is CCOC(=O)C[C@@H](c1ccc([N+](=O)[O-])cc1)[C@@H](NC(=O)[C@@H](O)c1ccccc1)C(=O)O. The molecule has 0 aliphatic carbocycles. The third kappa shape index (κ3) is 6.34. The zero-order valence-corrected chi connectivity index (χ0v) is 16.6. The van der Waals surface area contributed by atoms with E-state index < -0.39 is 47.3 Å². The van der Waals surface area contributed by atoms with E-state index in [1.165, 1.54) is 36.4 Å². The standard InChI is InChI=1S/C21H22N2O8/c1-2-31-17(24)12-16(13-8-10-15(11-9-13)23(29)30)18(21(27)28)22-20(26)19(25)14-6-4-3-5-7-14/h3-11,16,18-19,25H,2,12H2,1H3,(H,22,26)(H,27,28)/t16-,18+,19-/m0/s1. The molecule has 31 heavy (non-hydrogen) atoms. The van der Waals surface area contributed by atoms with Gasteiger partial charge in [0.2, 0.25) is 0 Å². The molecule has 10 heteroatoms. The summed E-state index contributed by atoms with van der Waals surface area (Å²) >= 11 is 0. The van der Waals surface area contributed by atoms with Gasteiger partial charge in [-0.3, -0.25) is 19.7 Å². The lowest BCUT2D eigenvalue weighted by Gasteiger charge is -2.25. The van der Waals surface area contributed by atoms with Crippen molar-refractivity contribution in [2.24, 2.45) is 0 Å². The van der Waals surface area contributed by atoms with Crippen LogP contribution in [0.15, 0.2) is 54.6 Å². The van der Waals surface area contributed by atoms with E-state index in [2.05, 4.69) is 5.32 Å². The first-order valence-corrected chi connectivity index (χ1v) is 9.40. The van der Waals surface area contributed by atoms with Crippen LogP contribution in [0.3, 0.4) is 0 Å². The van der Waals surface area contributed by atoms with Crippen molar-refractivity contribution >= 4 is 23.5 Å². The molecule has 164 valence electrons. The van der Waals surface area contributed by atoms with E-state index in [0.717, 1.165) is 0 Å². The van der Waals surface area contributed by atoms with Crippen LogP contribution in [0.25, 0.3) is 0 Å². The van der Waals surface area contributed by atoms with Gasteiger partial charge in [-0.25, -0.2) is 4.79 Å². The number of esters is 1. The minimum atomic E-state index is -1.62. The number of nitrogens with one attached hydrogen (secondary N) is 1. The predicted octanol–water partition coefficient (Wildman–Crippen LogP) is 1.93. The Hall–Kier alpha value is -3.79. The van der Waals surface area contributed by atoms with Crippen molar-refractivity contribution < 1.29 is 34.3 Å². The average Bonchev–Trinajstić information content (AvgIpc) is 2.76. The van der Waals surface area contributed by atoms with Crippen molar-refractivity contribution in [3.8, 4) is 0 Å². The number of aliphatic carboxylic acids is 1. The number of aliphatic hydroxyl groups excluding tert-OH is 1. The van der Waals surface area contributed by atoms with Crippen LogP contribution in [0.1, 0.15) is 36.5 Å². The van der Waals surface area contributed by atoms with Gasteiger partial charge in [0.25, 0.3) is 11.6 Å². The molecule has 2 aromatic carbocycles. The quantitative estimate of drug-likeness (QED) is 0.293. The highest BCUT2D eigenvalue weighted by Gasteiger charge is 2.35. The molecule has 0 aliphatic heterocycles. The van der Waals surface area contributed by atoms with Crippen molar-refractivity contribution in [1.82, 2.24) is 5.32 Å². The first-order chi connectivity index (χ1) is 14.7. The highest BCUT2D eigenvalue weighted by atomic mass is 16.6. The van der Waals surface area contributed by atoms with Gasteiger partial charge in [0.1, 0.15) is 6.04 Å². The van der Waals surface area contributed by atoms with Crippen LogP contribution >= 0.6 is 0 Å². The number of nitro groups is 1. The lowest BCUT2D eigenvalue weighted by Crippen LogP contribution is -2.47. The van der Waals surface area contributed by atoms with E-state index in [9.17, 15) is 34.7 Å². The number of carbonyl (C=O) groups is 3. The summed E-state index contributed by atoms with van der Waals surface area (Å²) in [6.45, 7) is 1.66. The van der Waals surface area contributed by atoms with Crippen LogP contribution in [0.2, 0.25) is 0 Å². The van der Waals surface area contributed by atoms with Crippen LogP contribution in [-0.4, -0.2) is 45.6 Å². The van der Waals surface area contributed by atoms with Crippen molar-refractivity contribution in [3.05, 3.63) is 75.8 Å². The van der Waals surface area contributed by atoms with Gasteiger partial charge in [-0.2, -0.15) is 0 Å². The number of nitrogens with zero attached hydrogens (tertiary/aromatic N) is 1. The predicted molar refractivity (Wildman–Crippen MR) is 108 cm³/mol. The molecule has 0 aromatic heterocycles. The molecule has 3 atom stereocenters. The first-order valence-electron chi connectivity index (χ1n) is 9.40. The summed E-state index contributed by atoms with van der Waals surface area (Å²) in [5, 5.41) is 33.2. The monoisotopic (exact) mass is 430 g/mol. The fourth-order valence-electron chi connectivity index (χ4n) is 3.02. The number of non-ortho nitro benzene ring substituents is 1. The number of carboxylic acids is 1. The molecule has 0 bridgehead atoms. The molecule has 0 heterocycles. The van der Waals surface area contributed by atoms with Crippen LogP contribution in [0, 0.1) is 10.1 Å². The largest absolute Gasteiger partial charge is 0.480 e. The number of carboxylic acid groups (broad SMARTS) is 1. The maximum atomic E-state index is 12.5. The van der Waals surface area contributed by atoms with Gasteiger partial charge < -0.3 is 20.3 Å². The average molecular weight is 430 g/mol. The zero-order chi connectivity index (χ0) is 23.0. The van der Waals surface area contributed by atoms with E-state index in [-0.39, 0.29) is 23.4 Å². The van der Waals surface area contributed by atoms with Gasteiger partial charge in [-0.05, 0) is 18.1 Å². The molecule has 3 N–H and O–H groups in total. The summed E-state index contributed by atoms with van der Waals surface area (Å²) in [6.07, 6.45) is -2.02. The molecule has 2 rings (SSSR count). The molecule has 0 saturated heterocycles. The van der Waals surface area contributed by atoms with Crippen molar-refractivity contribution in [2.75, 3.05) is 6.61 Å². The van der Waals surface area contributed by atoms with Crippen molar-refractivity contribution in [3.63, 3.8) is 0 Å². The van der Waals surface area contributed by atoms with Gasteiger partial charge in [-0.15, -0.1) is 0 Å². The van der Waals surface area contributed by atoms with E-state index >= 15 is 0 Å². The summed E-state index contributed by atoms with van der Waals surface area (Å²) in [5.41, 5.74) is 0.330. The van der Waals surface area contributed by atoms with Gasteiger partial charge in [0, 0.05) is 18.1 Å². The number of amides is 1. The molecule has 1 amide bonds. The number of carbonyl (C=O) groups excluding carboxylic acids is 2. The molecule has 0 fully saturated rings. The van der Waals surface area contributed by atoms with Crippen molar-refractivity contribution in [2.45, 2.75) is 31.4 Å². The number of benzene rings is 2. The second kappa shape index (κ2) is 10.8. The van der Waals surface area contributed by atoms with Gasteiger partial charge in [0.05, 0.1) is 18.0 Å². The molecule has 10 nitrogen and oxygen atoms in total. The van der Waals surface area contributed by atoms with E-state index in [4.69, 9.17) is 4.74 Å². The summed E-state index contributed by atoms with van der Waals surface area (Å²) in [4.78, 5) is 46.9. The Morgan fingerprint density at radius 2 is 1.68 bits per heavy atom. The van der Waals surface area contributed by atoms with Crippen LogP contribution in [0.5, 0.6) is 0 Å². The fourth-order valence-corrected chi connectivity index (χ4v) is 3.02. The maximum Gasteiger partial charge on any atom is 0.326 e. The van der Waals surface area contributed by atoms with Crippen LogP contribution < -0.4 is 5.32 Å². The Labute approximate surface area is 177 Å². The van der Waals surface area contributed by atoms with Crippen molar-refractivity contribution in [1.29, 1.82) is 0 Å². The molecule has 0 aliphatic rings. The van der Waals surface area contributed by atoms with Crippen LogP contribution in [-0.2, 0) is 19.1 Å². The first kappa shape index (κ1) is 23.5. The zero-order valence-electron chi connectivity index (χ0n) is 16.6. The third-order valence-corrected chi connectivity index (χ3v) is 4.55. The number of rotatable bonds is 10. The lowest BCUT2D eigenvalue weighted by atomic mass is 9.88. The topological polar surface area (TPSA) is 156 Å². The maximum absolute atomic E-state index is 12.5. The van der Waals surface area contributed by atoms with Gasteiger partial charge >= 0.3 is 11.9 Å². The second-order valence-corrected chi connectivity index (χ2v) is 6.60. The Bertz CT molecular complexity index is 930. The highest BCUT2D eigenvalue weighted by Crippen LogP contribution is 2.27. The molecule has 0 spiro atoms. The Morgan fingerprint density at radius 3 is 2.19 bits per heavy atom. The summed E-state index contributed by atoms with van der Waals surface area (Å²) in [5.74, 6) is -4.20. The van der Waals surface area contributed by atoms with E-state index in [1.807, 2.05) is 0 Å². The van der Waals surface area contributed by atoms with E-state index in [0.29, 0.717) is 0 Å². The normalized spacial score (nSPS) is 13.5. The minimum Gasteiger partial charge on any atom is -0.480 e. The minimum absolute atomic E-state index is 0.0721. The lowest BCUT2D eigenvalue weighted by molar-refractivity contribution is -0.384. The molecule has 2 aromatic rings. The summed E-state index contributed by atoms with van der Waals surface area (Å²) in [6, 6.07) is 11.3. The molecule has 0 unspecified atom stereocenters. The second-order valence-electron chi connectivity index (χ2n) is 6.60. The molecule has 0 saturated carbocycles. The smallest absolute Gasteiger partial charge is 0.326 e. The van der Waals surface area contributed by atoms with Gasteiger partial charge in [0.15, 0.2) is 6.10 Å². The molecule has 0 radical (unpaired) electrons. The number of hydrogen-bond acceptors (Lipinski definition) is 7. The number of ether oxygens (including phenoxy) is 1. The third-order valence-electron chi connectivity index (χ3n) is 4.55. The fraction of sp³-hybridized carbons (Fsp3) is 0.286. The molecular formula is C21H22N2O8. The van der Waals surface area contributed by atoms with E-state index in [1.54, 1.807) is 25.1 Å². The summed E-state index contributed by atoms with van der Waals surface area (Å²) in [7, 11) is 0. The number of aliphatic hydroxyl groups is 1. The molecular weight excluding hydrogens is 408 g/mol. The van der Waals surface area contributed by atoms with Crippen LogP contribution in [0.4, 0.5) is 5.69 Å². The number of hydrogen-bond donors (Lipinski definition) is 3. The summed E-state index contributed by atoms with van der Waals surface area (Å²) < 4.78 is 4.91. The number of nitro benzene ring substituents is 1. The Kier molecular flexibility index (Phi) is 8.21.